The van der Waals surface area contributed by atoms with Crippen LogP contribution in [0.1, 0.15) is 12.5 Å². The van der Waals surface area contributed by atoms with Gasteiger partial charge in [0.1, 0.15) is 5.82 Å². The SMILES string of the molecule is CCN(CC(=O)Nc1cc(Cl)ccc1C)CC(=O)Nc1cc(Cl)ccc1F. The van der Waals surface area contributed by atoms with Gasteiger partial charge in [0.15, 0.2) is 0 Å². The van der Waals surface area contributed by atoms with Crippen LogP contribution in [0.2, 0.25) is 10.0 Å². The number of benzene rings is 2. The molecule has 2 N–H and O–H groups in total. The monoisotopic (exact) mass is 411 g/mol. The second kappa shape index (κ2) is 9.69. The Morgan fingerprint density at radius 3 is 2.07 bits per heavy atom. The zero-order chi connectivity index (χ0) is 20.0. The van der Waals surface area contributed by atoms with Crippen LogP contribution in [0.5, 0.6) is 0 Å². The molecule has 0 atom stereocenters. The summed E-state index contributed by atoms with van der Waals surface area (Å²) in [6, 6.07) is 9.12. The number of nitrogens with zero attached hydrogens (tertiary/aromatic N) is 1. The van der Waals surface area contributed by atoms with Crippen molar-refractivity contribution in [3.05, 3.63) is 57.8 Å². The minimum absolute atomic E-state index is 0.00237. The molecule has 2 aromatic carbocycles. The van der Waals surface area contributed by atoms with Crippen molar-refractivity contribution >= 4 is 46.4 Å². The van der Waals surface area contributed by atoms with E-state index in [4.69, 9.17) is 23.2 Å². The molecular weight excluding hydrogens is 392 g/mol. The predicted molar refractivity (Wildman–Crippen MR) is 107 cm³/mol. The maximum absolute atomic E-state index is 13.7. The zero-order valence-electron chi connectivity index (χ0n) is 15.0. The van der Waals surface area contributed by atoms with E-state index in [-0.39, 0.29) is 24.7 Å². The second-order valence-corrected chi connectivity index (χ2v) is 6.86. The van der Waals surface area contributed by atoms with Crippen LogP contribution in [-0.2, 0) is 9.59 Å². The standard InChI is InChI=1S/C19H20Cl2FN3O2/c1-3-25(10-18(26)23-16-8-13(20)5-4-12(16)2)11-19(27)24-17-9-14(21)6-7-15(17)22/h4-9H,3,10-11H2,1-2H3,(H,23,26)(H,24,27). The molecule has 0 aromatic heterocycles. The molecule has 0 saturated heterocycles. The van der Waals surface area contributed by atoms with Crippen LogP contribution in [0.4, 0.5) is 15.8 Å². The Bertz CT molecular complexity index is 778. The molecular formula is C19H20Cl2FN3O2. The summed E-state index contributed by atoms with van der Waals surface area (Å²) in [6.07, 6.45) is 0. The van der Waals surface area contributed by atoms with Crippen molar-refractivity contribution in [3.8, 4) is 0 Å². The number of aryl methyl sites for hydroxylation is 1. The lowest BCUT2D eigenvalue weighted by molar-refractivity contribution is -0.119. The molecule has 2 rings (SSSR count). The Hall–Kier alpha value is -2.15. The number of halogens is 3. The molecule has 0 aliphatic heterocycles. The molecule has 0 unspecified atom stereocenters. The molecule has 5 nitrogen and oxygen atoms in total. The van der Waals surface area contributed by atoms with Crippen LogP contribution in [0, 0.1) is 12.7 Å². The number of nitrogens with one attached hydrogen (secondary N) is 2. The normalized spacial score (nSPS) is 10.7. The van der Waals surface area contributed by atoms with Crippen molar-refractivity contribution in [2.45, 2.75) is 13.8 Å². The van der Waals surface area contributed by atoms with E-state index < -0.39 is 11.7 Å². The molecule has 8 heteroatoms. The molecule has 0 aliphatic rings. The number of amides is 2. The van der Waals surface area contributed by atoms with Gasteiger partial charge in [-0.3, -0.25) is 14.5 Å². The molecule has 2 aromatic rings. The van der Waals surface area contributed by atoms with Gasteiger partial charge in [-0.1, -0.05) is 36.2 Å². The molecule has 144 valence electrons. The van der Waals surface area contributed by atoms with Gasteiger partial charge in [0.2, 0.25) is 11.8 Å². The molecule has 0 bridgehead atoms. The largest absolute Gasteiger partial charge is 0.325 e. The van der Waals surface area contributed by atoms with E-state index >= 15 is 0 Å². The minimum atomic E-state index is -0.579. The van der Waals surface area contributed by atoms with E-state index in [1.54, 1.807) is 17.0 Å². The van der Waals surface area contributed by atoms with E-state index in [1.807, 2.05) is 19.9 Å². The fourth-order valence-corrected chi connectivity index (χ4v) is 2.73. The Balaban J connectivity index is 1.94. The first-order valence-electron chi connectivity index (χ1n) is 8.31. The first kappa shape index (κ1) is 21.2. The third kappa shape index (κ3) is 6.50. The van der Waals surface area contributed by atoms with Crippen LogP contribution in [0.25, 0.3) is 0 Å². The molecule has 27 heavy (non-hydrogen) atoms. The van der Waals surface area contributed by atoms with Crippen LogP contribution < -0.4 is 10.6 Å². The lowest BCUT2D eigenvalue weighted by Gasteiger charge is -2.20. The lowest BCUT2D eigenvalue weighted by Crippen LogP contribution is -2.38. The van der Waals surface area contributed by atoms with Gasteiger partial charge in [0.25, 0.3) is 0 Å². The fraction of sp³-hybridized carbons (Fsp3) is 0.263. The van der Waals surface area contributed by atoms with Crippen LogP contribution in [-0.4, -0.2) is 36.3 Å². The lowest BCUT2D eigenvalue weighted by atomic mass is 10.2. The van der Waals surface area contributed by atoms with Gasteiger partial charge in [-0.2, -0.15) is 0 Å². The molecule has 0 saturated carbocycles. The highest BCUT2D eigenvalue weighted by Crippen LogP contribution is 2.21. The fourth-order valence-electron chi connectivity index (χ4n) is 2.39. The smallest absolute Gasteiger partial charge is 0.238 e. The Morgan fingerprint density at radius 2 is 1.48 bits per heavy atom. The number of anilines is 2. The summed E-state index contributed by atoms with van der Waals surface area (Å²) < 4.78 is 13.7. The first-order chi connectivity index (χ1) is 12.8. The summed E-state index contributed by atoms with van der Waals surface area (Å²) in [5, 5.41) is 6.08. The summed E-state index contributed by atoms with van der Waals surface area (Å²) in [6.45, 7) is 4.09. The highest BCUT2D eigenvalue weighted by molar-refractivity contribution is 6.31. The number of rotatable bonds is 7. The highest BCUT2D eigenvalue weighted by atomic mass is 35.5. The van der Waals surface area contributed by atoms with Crippen molar-refractivity contribution in [2.75, 3.05) is 30.3 Å². The second-order valence-electron chi connectivity index (χ2n) is 5.98. The van der Waals surface area contributed by atoms with Gasteiger partial charge in [-0.05, 0) is 49.4 Å². The van der Waals surface area contributed by atoms with Crippen LogP contribution >= 0.6 is 23.2 Å². The average Bonchev–Trinajstić information content (AvgIpc) is 2.60. The van der Waals surface area contributed by atoms with E-state index in [2.05, 4.69) is 10.6 Å². The van der Waals surface area contributed by atoms with Crippen LogP contribution in [0.3, 0.4) is 0 Å². The summed E-state index contributed by atoms with van der Waals surface area (Å²) in [7, 11) is 0. The maximum Gasteiger partial charge on any atom is 0.238 e. The van der Waals surface area contributed by atoms with Crippen molar-refractivity contribution in [1.82, 2.24) is 4.90 Å². The molecule has 2 amide bonds. The number of likely N-dealkylation sites (N-methyl/N-ethyl adjacent to an activating group) is 1. The third-order valence-electron chi connectivity index (χ3n) is 3.86. The van der Waals surface area contributed by atoms with Crippen molar-refractivity contribution in [3.63, 3.8) is 0 Å². The van der Waals surface area contributed by atoms with Gasteiger partial charge < -0.3 is 10.6 Å². The Labute approximate surface area is 167 Å². The summed E-state index contributed by atoms with van der Waals surface area (Å²) in [4.78, 5) is 26.1. The molecule has 0 aliphatic carbocycles. The topological polar surface area (TPSA) is 61.4 Å². The van der Waals surface area contributed by atoms with Gasteiger partial charge in [-0.25, -0.2) is 4.39 Å². The number of carbonyl (C=O) groups is 2. The quantitative estimate of drug-likeness (QED) is 0.711. The summed E-state index contributed by atoms with van der Waals surface area (Å²) in [5.41, 5.74) is 1.50. The van der Waals surface area contributed by atoms with E-state index in [1.165, 1.54) is 18.2 Å². The molecule has 0 heterocycles. The maximum atomic E-state index is 13.7. The number of hydrogen-bond donors (Lipinski definition) is 2. The van der Waals surface area contributed by atoms with Crippen LogP contribution in [0.15, 0.2) is 36.4 Å². The Morgan fingerprint density at radius 1 is 0.963 bits per heavy atom. The van der Waals surface area contributed by atoms with E-state index in [9.17, 15) is 14.0 Å². The van der Waals surface area contributed by atoms with Gasteiger partial charge >= 0.3 is 0 Å². The van der Waals surface area contributed by atoms with Crippen molar-refractivity contribution in [1.29, 1.82) is 0 Å². The minimum Gasteiger partial charge on any atom is -0.325 e. The third-order valence-corrected chi connectivity index (χ3v) is 4.33. The van der Waals surface area contributed by atoms with E-state index in [0.717, 1.165) is 5.56 Å². The van der Waals surface area contributed by atoms with Crippen molar-refractivity contribution < 1.29 is 14.0 Å². The molecule has 0 fully saturated rings. The highest BCUT2D eigenvalue weighted by Gasteiger charge is 2.15. The molecule has 0 spiro atoms. The first-order valence-corrected chi connectivity index (χ1v) is 9.07. The average molecular weight is 412 g/mol. The van der Waals surface area contributed by atoms with Gasteiger partial charge in [0, 0.05) is 15.7 Å². The number of carbonyl (C=O) groups excluding carboxylic acids is 2. The Kier molecular flexibility index (Phi) is 7.59. The number of hydrogen-bond acceptors (Lipinski definition) is 3. The molecule has 0 radical (unpaired) electrons. The predicted octanol–water partition coefficient (Wildman–Crippen LogP) is 4.34. The van der Waals surface area contributed by atoms with Crippen molar-refractivity contribution in [2.24, 2.45) is 0 Å². The summed E-state index contributed by atoms with van der Waals surface area (Å²) >= 11 is 11.8. The zero-order valence-corrected chi connectivity index (χ0v) is 16.5. The summed E-state index contributed by atoms with van der Waals surface area (Å²) in [5.74, 6) is -1.29. The van der Waals surface area contributed by atoms with Gasteiger partial charge in [-0.15, -0.1) is 0 Å². The van der Waals surface area contributed by atoms with E-state index in [0.29, 0.717) is 22.3 Å². The van der Waals surface area contributed by atoms with Gasteiger partial charge in [0.05, 0.1) is 18.8 Å².